The lowest BCUT2D eigenvalue weighted by molar-refractivity contribution is 0.0697. The van der Waals surface area contributed by atoms with Gasteiger partial charge in [-0.15, -0.1) is 0 Å². The Hall–Kier alpha value is -2.49. The van der Waals surface area contributed by atoms with Crippen molar-refractivity contribution >= 4 is 17.3 Å². The third-order valence-electron chi connectivity index (χ3n) is 3.33. The third kappa shape index (κ3) is 2.91. The number of aromatic carboxylic acids is 1. The quantitative estimate of drug-likeness (QED) is 0.838. The molecule has 0 heterocycles. The number of hydrogen-bond acceptors (Lipinski definition) is 3. The summed E-state index contributed by atoms with van der Waals surface area (Å²) < 4.78 is 0. The Morgan fingerprint density at radius 2 is 1.95 bits per heavy atom. The van der Waals surface area contributed by atoms with Crippen LogP contribution in [-0.4, -0.2) is 18.1 Å². The number of nitrogens with zero attached hydrogens (tertiary/aromatic N) is 1. The Kier molecular flexibility index (Phi) is 3.94. The number of hydrogen-bond donors (Lipinski definition) is 2. The van der Waals surface area contributed by atoms with Crippen LogP contribution >= 0.6 is 0 Å². The van der Waals surface area contributed by atoms with Gasteiger partial charge in [-0.2, -0.15) is 0 Å². The Morgan fingerprint density at radius 1 is 1.25 bits per heavy atom. The van der Waals surface area contributed by atoms with Gasteiger partial charge in [0, 0.05) is 19.3 Å². The number of anilines is 2. The lowest BCUT2D eigenvalue weighted by atomic mass is 10.1. The molecule has 0 spiro atoms. The summed E-state index contributed by atoms with van der Waals surface area (Å²) in [5.41, 5.74) is 9.55. The molecule has 2 rings (SSSR count). The second-order valence-electron chi connectivity index (χ2n) is 4.86. The molecule has 4 heteroatoms. The molecule has 0 amide bonds. The predicted molar refractivity (Wildman–Crippen MR) is 81.1 cm³/mol. The van der Waals surface area contributed by atoms with Crippen molar-refractivity contribution in [1.29, 1.82) is 0 Å². The van der Waals surface area contributed by atoms with E-state index >= 15 is 0 Å². The summed E-state index contributed by atoms with van der Waals surface area (Å²) in [5.74, 6) is -0.948. The maximum atomic E-state index is 11.3. The van der Waals surface area contributed by atoms with Gasteiger partial charge < -0.3 is 15.7 Å². The zero-order valence-electron chi connectivity index (χ0n) is 11.6. The van der Waals surface area contributed by atoms with Crippen molar-refractivity contribution in [3.8, 4) is 0 Å². The zero-order chi connectivity index (χ0) is 14.7. The minimum Gasteiger partial charge on any atom is -0.478 e. The third-order valence-corrected chi connectivity index (χ3v) is 3.33. The summed E-state index contributed by atoms with van der Waals surface area (Å²) in [7, 11) is 1.87. The summed E-state index contributed by atoms with van der Waals surface area (Å²) >= 11 is 0. The van der Waals surface area contributed by atoms with Crippen LogP contribution in [0.2, 0.25) is 0 Å². The summed E-state index contributed by atoms with van der Waals surface area (Å²) in [6, 6.07) is 12.9. The molecular formula is C16H18N2O2. The number of nitrogens with two attached hydrogens (primary N) is 1. The van der Waals surface area contributed by atoms with E-state index in [1.54, 1.807) is 18.2 Å². The molecule has 0 aromatic heterocycles. The highest BCUT2D eigenvalue weighted by molar-refractivity contribution is 5.95. The molecule has 104 valence electrons. The van der Waals surface area contributed by atoms with E-state index in [0.29, 0.717) is 17.9 Å². The minimum absolute atomic E-state index is 0.260. The predicted octanol–water partition coefficient (Wildman–Crippen LogP) is 2.91. The zero-order valence-corrected chi connectivity index (χ0v) is 11.6. The first kappa shape index (κ1) is 13.9. The van der Waals surface area contributed by atoms with Crippen molar-refractivity contribution in [2.24, 2.45) is 0 Å². The standard InChI is InChI=1S/C16H18N2O2/c1-11-5-3-4-6-12(11)10-18(2)15-9-13(17)7-8-14(15)16(19)20/h3-9H,10,17H2,1-2H3,(H,19,20). The van der Waals surface area contributed by atoms with Gasteiger partial charge in [-0.3, -0.25) is 0 Å². The van der Waals surface area contributed by atoms with Crippen molar-refractivity contribution in [2.45, 2.75) is 13.5 Å². The fourth-order valence-corrected chi connectivity index (χ4v) is 2.17. The van der Waals surface area contributed by atoms with Crippen molar-refractivity contribution in [3.63, 3.8) is 0 Å². The fourth-order valence-electron chi connectivity index (χ4n) is 2.17. The number of carboxylic acids is 1. The largest absolute Gasteiger partial charge is 0.478 e. The Bertz CT molecular complexity index is 638. The molecule has 4 nitrogen and oxygen atoms in total. The molecule has 0 radical (unpaired) electrons. The molecule has 0 fully saturated rings. The van der Waals surface area contributed by atoms with Crippen LogP contribution in [0.4, 0.5) is 11.4 Å². The van der Waals surface area contributed by atoms with Gasteiger partial charge in [-0.25, -0.2) is 4.79 Å². The highest BCUT2D eigenvalue weighted by Gasteiger charge is 2.14. The molecular weight excluding hydrogens is 252 g/mol. The van der Waals surface area contributed by atoms with E-state index in [-0.39, 0.29) is 5.56 Å². The minimum atomic E-state index is -0.948. The van der Waals surface area contributed by atoms with Gasteiger partial charge >= 0.3 is 5.97 Å². The van der Waals surface area contributed by atoms with E-state index in [1.807, 2.05) is 43.1 Å². The second-order valence-corrected chi connectivity index (χ2v) is 4.86. The second kappa shape index (κ2) is 5.65. The summed E-state index contributed by atoms with van der Waals surface area (Å²) in [6.07, 6.45) is 0. The Morgan fingerprint density at radius 3 is 2.60 bits per heavy atom. The van der Waals surface area contributed by atoms with Crippen molar-refractivity contribution < 1.29 is 9.90 Å². The van der Waals surface area contributed by atoms with Crippen molar-refractivity contribution in [1.82, 2.24) is 0 Å². The number of nitrogen functional groups attached to an aromatic ring is 1. The van der Waals surface area contributed by atoms with Crippen LogP contribution in [0, 0.1) is 6.92 Å². The average Bonchev–Trinajstić information content (AvgIpc) is 2.40. The van der Waals surface area contributed by atoms with Gasteiger partial charge in [0.1, 0.15) is 0 Å². The van der Waals surface area contributed by atoms with Gasteiger partial charge in [-0.1, -0.05) is 24.3 Å². The van der Waals surface area contributed by atoms with Gasteiger partial charge in [0.2, 0.25) is 0 Å². The van der Waals surface area contributed by atoms with Crippen LogP contribution in [0.15, 0.2) is 42.5 Å². The molecule has 0 atom stereocenters. The lowest BCUT2D eigenvalue weighted by Gasteiger charge is -2.22. The molecule has 2 aromatic rings. The molecule has 2 aromatic carbocycles. The molecule has 0 aliphatic rings. The van der Waals surface area contributed by atoms with Gasteiger partial charge in [0.15, 0.2) is 0 Å². The van der Waals surface area contributed by atoms with Crippen LogP contribution in [-0.2, 0) is 6.54 Å². The molecule has 0 bridgehead atoms. The number of carbonyl (C=O) groups is 1. The molecule has 3 N–H and O–H groups in total. The molecule has 20 heavy (non-hydrogen) atoms. The highest BCUT2D eigenvalue weighted by atomic mass is 16.4. The SMILES string of the molecule is Cc1ccccc1CN(C)c1cc(N)ccc1C(=O)O. The maximum Gasteiger partial charge on any atom is 0.337 e. The smallest absolute Gasteiger partial charge is 0.337 e. The van der Waals surface area contributed by atoms with Crippen molar-refractivity contribution in [3.05, 3.63) is 59.2 Å². The highest BCUT2D eigenvalue weighted by Crippen LogP contribution is 2.24. The van der Waals surface area contributed by atoms with Crippen LogP contribution < -0.4 is 10.6 Å². The molecule has 0 aliphatic carbocycles. The number of carboxylic acid groups (broad SMARTS) is 1. The van der Waals surface area contributed by atoms with E-state index in [1.165, 1.54) is 5.56 Å². The average molecular weight is 270 g/mol. The van der Waals surface area contributed by atoms with E-state index in [9.17, 15) is 9.90 Å². The van der Waals surface area contributed by atoms with Crippen LogP contribution in [0.5, 0.6) is 0 Å². The van der Waals surface area contributed by atoms with E-state index < -0.39 is 5.97 Å². The maximum absolute atomic E-state index is 11.3. The fraction of sp³-hybridized carbons (Fsp3) is 0.188. The molecule has 0 unspecified atom stereocenters. The molecule has 0 saturated heterocycles. The lowest BCUT2D eigenvalue weighted by Crippen LogP contribution is -2.20. The number of rotatable bonds is 4. The first-order valence-electron chi connectivity index (χ1n) is 6.37. The Labute approximate surface area is 118 Å². The first-order valence-corrected chi connectivity index (χ1v) is 6.37. The normalized spacial score (nSPS) is 10.3. The number of benzene rings is 2. The van der Waals surface area contributed by atoms with E-state index in [4.69, 9.17) is 5.73 Å². The van der Waals surface area contributed by atoms with Crippen molar-refractivity contribution in [2.75, 3.05) is 17.7 Å². The number of aryl methyl sites for hydroxylation is 1. The first-order chi connectivity index (χ1) is 9.49. The molecule has 0 saturated carbocycles. The topological polar surface area (TPSA) is 66.6 Å². The monoisotopic (exact) mass is 270 g/mol. The summed E-state index contributed by atoms with van der Waals surface area (Å²) in [4.78, 5) is 13.2. The summed E-state index contributed by atoms with van der Waals surface area (Å²) in [5, 5.41) is 9.26. The van der Waals surface area contributed by atoms with Crippen LogP contribution in [0.1, 0.15) is 21.5 Å². The van der Waals surface area contributed by atoms with Gasteiger partial charge in [0.05, 0.1) is 11.3 Å². The van der Waals surface area contributed by atoms with E-state index in [0.717, 1.165) is 5.56 Å². The van der Waals surface area contributed by atoms with E-state index in [2.05, 4.69) is 0 Å². The summed E-state index contributed by atoms with van der Waals surface area (Å²) in [6.45, 7) is 2.68. The molecule has 0 aliphatic heterocycles. The van der Waals surface area contributed by atoms with Crippen LogP contribution in [0.3, 0.4) is 0 Å². The van der Waals surface area contributed by atoms with Gasteiger partial charge in [0.25, 0.3) is 0 Å². The van der Waals surface area contributed by atoms with Crippen LogP contribution in [0.25, 0.3) is 0 Å². The Balaban J connectivity index is 2.34. The van der Waals surface area contributed by atoms with Gasteiger partial charge in [-0.05, 0) is 36.2 Å².